The van der Waals surface area contributed by atoms with Crippen molar-refractivity contribution in [3.05, 3.63) is 53.3 Å². The number of esters is 1. The molecule has 0 spiro atoms. The van der Waals surface area contributed by atoms with Crippen molar-refractivity contribution in [2.45, 2.75) is 105 Å². The smallest absolute Gasteiger partial charge is 0.334 e. The van der Waals surface area contributed by atoms with Gasteiger partial charge in [-0.25, -0.2) is 4.79 Å². The summed E-state index contributed by atoms with van der Waals surface area (Å²) < 4.78 is 12.5. The SMILES string of the molecule is C#C.C=C(CC)NC(C(=O)Oc1cc(CCCCC)cc2c1C=CC(C)(CCC=C(C)C)O2)C(C)C. The van der Waals surface area contributed by atoms with Gasteiger partial charge in [-0.2, -0.15) is 0 Å². The fourth-order valence-corrected chi connectivity index (χ4v) is 4.03. The Hall–Kier alpha value is -2.93. The first-order chi connectivity index (χ1) is 17.1. The zero-order valence-electron chi connectivity index (χ0n) is 23.6. The number of aryl methyl sites for hydroxylation is 1. The first-order valence-corrected chi connectivity index (χ1v) is 13.3. The van der Waals surface area contributed by atoms with Gasteiger partial charge in [-0.05, 0) is 88.6 Å². The molecule has 1 aliphatic rings. The molecule has 1 N–H and O–H groups in total. The van der Waals surface area contributed by atoms with Gasteiger partial charge in [-0.3, -0.25) is 0 Å². The van der Waals surface area contributed by atoms with Crippen LogP contribution in [0.3, 0.4) is 0 Å². The summed E-state index contributed by atoms with van der Waals surface area (Å²) in [5.74, 6) is 1.16. The standard InChI is InChI=1S/C30H45NO3.C2H2/c1-9-11-12-15-24-19-26(33-29(32)28(22(5)6)31-23(7)10-2)25-16-18-30(8,34-27(25)20-24)17-13-14-21(3)4;1-2/h14,16,18-20,22,28,31H,7,9-13,15,17H2,1-6,8H3;1-2H. The van der Waals surface area contributed by atoms with Gasteiger partial charge in [0.1, 0.15) is 23.1 Å². The molecule has 4 heteroatoms. The monoisotopic (exact) mass is 493 g/mol. The van der Waals surface area contributed by atoms with E-state index in [2.05, 4.69) is 76.7 Å². The fraction of sp³-hybridized carbons (Fsp3) is 0.531. The van der Waals surface area contributed by atoms with Crippen LogP contribution >= 0.6 is 0 Å². The second-order valence-corrected chi connectivity index (χ2v) is 10.3. The molecule has 2 rings (SSSR count). The number of benzene rings is 1. The highest BCUT2D eigenvalue weighted by Gasteiger charge is 2.30. The Morgan fingerprint density at radius 3 is 2.50 bits per heavy atom. The minimum Gasteiger partial charge on any atom is -0.483 e. The van der Waals surface area contributed by atoms with Crippen molar-refractivity contribution >= 4 is 12.0 Å². The number of nitrogens with one attached hydrogen (secondary N) is 1. The molecule has 1 aromatic rings. The Morgan fingerprint density at radius 1 is 1.22 bits per heavy atom. The van der Waals surface area contributed by atoms with Crippen LogP contribution < -0.4 is 14.8 Å². The second kappa shape index (κ2) is 15.2. The van der Waals surface area contributed by atoms with E-state index in [-0.39, 0.29) is 17.5 Å². The van der Waals surface area contributed by atoms with E-state index in [0.717, 1.165) is 61.1 Å². The van der Waals surface area contributed by atoms with E-state index in [1.54, 1.807) is 0 Å². The van der Waals surface area contributed by atoms with Crippen molar-refractivity contribution in [3.63, 3.8) is 0 Å². The molecule has 0 amide bonds. The highest BCUT2D eigenvalue weighted by Crippen LogP contribution is 2.40. The summed E-state index contributed by atoms with van der Waals surface area (Å²) >= 11 is 0. The first kappa shape index (κ1) is 31.1. The van der Waals surface area contributed by atoms with Crippen LogP contribution in [0.5, 0.6) is 11.5 Å². The number of carbonyl (C=O) groups excluding carboxylic acids is 1. The maximum absolute atomic E-state index is 13.2. The zero-order valence-corrected chi connectivity index (χ0v) is 23.6. The van der Waals surface area contributed by atoms with Crippen LogP contribution in [0.15, 0.2) is 42.1 Å². The number of rotatable bonds is 13. The van der Waals surface area contributed by atoms with Crippen molar-refractivity contribution < 1.29 is 14.3 Å². The lowest BCUT2D eigenvalue weighted by atomic mass is 9.93. The average molecular weight is 494 g/mol. The molecule has 198 valence electrons. The molecule has 0 radical (unpaired) electrons. The highest BCUT2D eigenvalue weighted by atomic mass is 16.5. The summed E-state index contributed by atoms with van der Waals surface area (Å²) in [5, 5.41) is 3.24. The predicted molar refractivity (Wildman–Crippen MR) is 153 cm³/mol. The summed E-state index contributed by atoms with van der Waals surface area (Å²) in [6.45, 7) is 18.6. The Bertz CT molecular complexity index is 950. The van der Waals surface area contributed by atoms with Crippen LogP contribution in [0.2, 0.25) is 0 Å². The third-order valence-corrected chi connectivity index (χ3v) is 6.29. The molecule has 36 heavy (non-hydrogen) atoms. The van der Waals surface area contributed by atoms with Crippen LogP contribution in [0.4, 0.5) is 0 Å². The van der Waals surface area contributed by atoms with Crippen LogP contribution in [0.1, 0.15) is 98.1 Å². The normalized spacial score (nSPS) is 16.6. The number of hydrogen-bond acceptors (Lipinski definition) is 4. The van der Waals surface area contributed by atoms with Crippen molar-refractivity contribution in [3.8, 4) is 24.3 Å². The molecular formula is C32H47NO3. The number of allylic oxidation sites excluding steroid dienone is 3. The third kappa shape index (κ3) is 9.61. The van der Waals surface area contributed by atoms with E-state index in [0.29, 0.717) is 5.75 Å². The van der Waals surface area contributed by atoms with Crippen LogP contribution in [0.25, 0.3) is 6.08 Å². The summed E-state index contributed by atoms with van der Waals surface area (Å²) in [4.78, 5) is 13.2. The Kier molecular flexibility index (Phi) is 13.2. The number of terminal acetylenes is 1. The summed E-state index contributed by atoms with van der Waals surface area (Å²) in [6.07, 6.45) is 21.4. The van der Waals surface area contributed by atoms with Gasteiger partial charge in [0.15, 0.2) is 0 Å². The second-order valence-electron chi connectivity index (χ2n) is 10.3. The molecule has 0 fully saturated rings. The summed E-state index contributed by atoms with van der Waals surface area (Å²) in [6, 6.07) is 3.69. The topological polar surface area (TPSA) is 47.6 Å². The van der Waals surface area contributed by atoms with Gasteiger partial charge in [-0.15, -0.1) is 12.8 Å². The largest absolute Gasteiger partial charge is 0.483 e. The summed E-state index contributed by atoms with van der Waals surface area (Å²) in [5.41, 5.74) is 3.74. The maximum atomic E-state index is 13.2. The Balaban J connectivity index is 0.00000316. The number of ether oxygens (including phenoxy) is 2. The average Bonchev–Trinajstić information content (AvgIpc) is 2.82. The van der Waals surface area contributed by atoms with Gasteiger partial charge in [0.05, 0.1) is 5.56 Å². The van der Waals surface area contributed by atoms with Gasteiger partial charge in [-0.1, -0.05) is 58.8 Å². The van der Waals surface area contributed by atoms with E-state index in [1.807, 2.05) is 26.8 Å². The molecular weight excluding hydrogens is 446 g/mol. The van der Waals surface area contributed by atoms with Crippen LogP contribution in [-0.2, 0) is 11.2 Å². The summed E-state index contributed by atoms with van der Waals surface area (Å²) in [7, 11) is 0. The van der Waals surface area contributed by atoms with Crippen LogP contribution in [0, 0.1) is 18.8 Å². The first-order valence-electron chi connectivity index (χ1n) is 13.3. The molecule has 0 bridgehead atoms. The molecule has 1 aromatic carbocycles. The number of unbranched alkanes of at least 4 members (excludes halogenated alkanes) is 2. The minimum absolute atomic E-state index is 0.0736. The van der Waals surface area contributed by atoms with E-state index in [9.17, 15) is 4.79 Å². The Labute approximate surface area is 220 Å². The molecule has 1 aliphatic heterocycles. The van der Waals surface area contributed by atoms with Gasteiger partial charge in [0.25, 0.3) is 0 Å². The lowest BCUT2D eigenvalue weighted by Gasteiger charge is -2.32. The molecule has 4 nitrogen and oxygen atoms in total. The number of carbonyl (C=O) groups is 1. The zero-order chi connectivity index (χ0) is 27.3. The lowest BCUT2D eigenvalue weighted by Crippen LogP contribution is -2.42. The molecule has 2 atom stereocenters. The van der Waals surface area contributed by atoms with Crippen molar-refractivity contribution in [1.29, 1.82) is 0 Å². The van der Waals surface area contributed by atoms with Gasteiger partial charge >= 0.3 is 5.97 Å². The minimum atomic E-state index is -0.449. The maximum Gasteiger partial charge on any atom is 0.334 e. The molecule has 1 heterocycles. The highest BCUT2D eigenvalue weighted by molar-refractivity contribution is 5.81. The Morgan fingerprint density at radius 2 is 1.92 bits per heavy atom. The van der Waals surface area contributed by atoms with Gasteiger partial charge < -0.3 is 14.8 Å². The number of hydrogen-bond donors (Lipinski definition) is 1. The molecule has 0 saturated carbocycles. The van der Waals surface area contributed by atoms with Crippen molar-refractivity contribution in [2.75, 3.05) is 0 Å². The van der Waals surface area contributed by atoms with E-state index >= 15 is 0 Å². The molecule has 2 unspecified atom stereocenters. The third-order valence-electron chi connectivity index (χ3n) is 6.29. The molecule has 0 aliphatic carbocycles. The van der Waals surface area contributed by atoms with E-state index in [4.69, 9.17) is 9.47 Å². The van der Waals surface area contributed by atoms with Crippen molar-refractivity contribution in [2.24, 2.45) is 5.92 Å². The van der Waals surface area contributed by atoms with Crippen molar-refractivity contribution in [1.82, 2.24) is 5.32 Å². The van der Waals surface area contributed by atoms with E-state index in [1.165, 1.54) is 12.0 Å². The van der Waals surface area contributed by atoms with Crippen LogP contribution in [-0.4, -0.2) is 17.6 Å². The quantitative estimate of drug-likeness (QED) is 0.0993. The van der Waals surface area contributed by atoms with Gasteiger partial charge in [0, 0.05) is 5.70 Å². The molecule has 0 saturated heterocycles. The molecule has 0 aromatic heterocycles. The van der Waals surface area contributed by atoms with E-state index < -0.39 is 6.04 Å². The number of fused-ring (bicyclic) bond motifs is 1. The fourth-order valence-electron chi connectivity index (χ4n) is 4.03. The lowest BCUT2D eigenvalue weighted by molar-refractivity contribution is -0.137. The van der Waals surface area contributed by atoms with Gasteiger partial charge in [0.2, 0.25) is 0 Å². The predicted octanol–water partition coefficient (Wildman–Crippen LogP) is 8.02.